The Bertz CT molecular complexity index is 1020. The molecule has 0 fully saturated rings. The molecule has 1 aliphatic heterocycles. The molecule has 0 saturated carbocycles. The lowest BCUT2D eigenvalue weighted by Crippen LogP contribution is -2.44. The van der Waals surface area contributed by atoms with Gasteiger partial charge >= 0.3 is 5.69 Å². The molecule has 2 heterocycles. The molecule has 0 spiro atoms. The van der Waals surface area contributed by atoms with Crippen LogP contribution in [0.5, 0.6) is 0 Å². The Morgan fingerprint density at radius 2 is 1.89 bits per heavy atom. The molecule has 144 valence electrons. The van der Waals surface area contributed by atoms with E-state index in [1.165, 1.54) is 25.2 Å². The summed E-state index contributed by atoms with van der Waals surface area (Å²) in [4.78, 5) is 39.3. The molecule has 2 N–H and O–H groups in total. The highest BCUT2D eigenvalue weighted by atomic mass is 16.2. The largest absolute Gasteiger partial charge is 0.384 e. The summed E-state index contributed by atoms with van der Waals surface area (Å²) in [5.74, 6) is -0.00860. The van der Waals surface area contributed by atoms with E-state index in [0.717, 1.165) is 34.2 Å². The van der Waals surface area contributed by atoms with Gasteiger partial charge in [0, 0.05) is 26.3 Å². The number of hydrogen-bond acceptors (Lipinski definition) is 5. The molecule has 0 unspecified atom stereocenters. The fourth-order valence-corrected chi connectivity index (χ4v) is 3.59. The summed E-state index contributed by atoms with van der Waals surface area (Å²) in [5, 5.41) is 0. The van der Waals surface area contributed by atoms with Crippen molar-refractivity contribution in [3.05, 3.63) is 55.7 Å². The van der Waals surface area contributed by atoms with Gasteiger partial charge in [-0.2, -0.15) is 0 Å². The Labute approximate surface area is 158 Å². The minimum absolute atomic E-state index is 0.0612. The number of rotatable bonds is 4. The van der Waals surface area contributed by atoms with Crippen LogP contribution in [0.1, 0.15) is 47.7 Å². The van der Waals surface area contributed by atoms with Crippen LogP contribution in [0.25, 0.3) is 0 Å². The standard InChI is InChI=1S/C20H26N4O3/c1-12(2)13-7-8-15-14(10-13)6-5-9-24(15)11-16(25)17-18(21)22(3)20(27)23(4)19(17)26/h7-8,10,12H,5-6,9,11,21H2,1-4H3. The van der Waals surface area contributed by atoms with Gasteiger partial charge in [-0.25, -0.2) is 4.79 Å². The molecule has 0 saturated heterocycles. The monoisotopic (exact) mass is 370 g/mol. The normalized spacial score (nSPS) is 13.7. The van der Waals surface area contributed by atoms with Crippen molar-refractivity contribution < 1.29 is 4.79 Å². The predicted octanol–water partition coefficient (Wildman–Crippen LogP) is 1.43. The van der Waals surface area contributed by atoms with Crippen molar-refractivity contribution in [3.63, 3.8) is 0 Å². The molecule has 0 radical (unpaired) electrons. The zero-order valence-electron chi connectivity index (χ0n) is 16.3. The topological polar surface area (TPSA) is 90.3 Å². The molecular formula is C20H26N4O3. The third-order valence-electron chi connectivity index (χ3n) is 5.31. The first kappa shape index (κ1) is 18.9. The smallest absolute Gasteiger partial charge is 0.332 e. The van der Waals surface area contributed by atoms with Crippen LogP contribution in [0.4, 0.5) is 11.5 Å². The first-order valence-electron chi connectivity index (χ1n) is 9.18. The lowest BCUT2D eigenvalue weighted by molar-refractivity contribution is 0.0996. The Morgan fingerprint density at radius 1 is 1.19 bits per heavy atom. The molecule has 7 nitrogen and oxygen atoms in total. The third kappa shape index (κ3) is 3.29. The molecule has 2 aromatic rings. The predicted molar refractivity (Wildman–Crippen MR) is 107 cm³/mol. The summed E-state index contributed by atoms with van der Waals surface area (Å²) in [6, 6.07) is 6.35. The van der Waals surface area contributed by atoms with E-state index in [2.05, 4.69) is 32.0 Å². The summed E-state index contributed by atoms with van der Waals surface area (Å²) in [6.45, 7) is 5.12. The summed E-state index contributed by atoms with van der Waals surface area (Å²) in [7, 11) is 2.81. The van der Waals surface area contributed by atoms with Gasteiger partial charge in [0.05, 0.1) is 6.54 Å². The number of nitrogens with zero attached hydrogens (tertiary/aromatic N) is 3. The molecule has 1 aromatic carbocycles. The van der Waals surface area contributed by atoms with Crippen LogP contribution in [-0.2, 0) is 20.5 Å². The van der Waals surface area contributed by atoms with Crippen LogP contribution in [0.3, 0.4) is 0 Å². The molecular weight excluding hydrogens is 344 g/mol. The van der Waals surface area contributed by atoms with Crippen LogP contribution in [0.2, 0.25) is 0 Å². The maximum absolute atomic E-state index is 12.9. The van der Waals surface area contributed by atoms with Gasteiger partial charge in [-0.15, -0.1) is 0 Å². The van der Waals surface area contributed by atoms with Gasteiger partial charge in [-0.3, -0.25) is 18.7 Å². The van der Waals surface area contributed by atoms with Crippen LogP contribution in [-0.4, -0.2) is 28.0 Å². The third-order valence-corrected chi connectivity index (χ3v) is 5.31. The van der Waals surface area contributed by atoms with Crippen molar-refractivity contribution in [2.24, 2.45) is 14.1 Å². The Balaban J connectivity index is 1.96. The highest BCUT2D eigenvalue weighted by Crippen LogP contribution is 2.30. The fourth-order valence-electron chi connectivity index (χ4n) is 3.59. The van der Waals surface area contributed by atoms with E-state index in [4.69, 9.17) is 5.73 Å². The molecule has 0 aliphatic carbocycles. The second-order valence-electron chi connectivity index (χ2n) is 7.46. The number of carbonyl (C=O) groups is 1. The van der Waals surface area contributed by atoms with Crippen LogP contribution < -0.4 is 21.9 Å². The second kappa shape index (κ2) is 7.06. The van der Waals surface area contributed by atoms with Gasteiger partial charge in [-0.05, 0) is 36.0 Å². The van der Waals surface area contributed by atoms with Crippen molar-refractivity contribution >= 4 is 17.3 Å². The lowest BCUT2D eigenvalue weighted by Gasteiger charge is -2.31. The first-order valence-corrected chi connectivity index (χ1v) is 9.18. The molecule has 1 aromatic heterocycles. The summed E-state index contributed by atoms with van der Waals surface area (Å²) in [5.41, 5.74) is 8.14. The van der Waals surface area contributed by atoms with Crippen molar-refractivity contribution in [3.8, 4) is 0 Å². The molecule has 7 heteroatoms. The zero-order valence-corrected chi connectivity index (χ0v) is 16.3. The number of nitrogens with two attached hydrogens (primary N) is 1. The van der Waals surface area contributed by atoms with Gasteiger partial charge in [0.15, 0.2) is 5.78 Å². The number of carbonyl (C=O) groups excluding carboxylic acids is 1. The number of Topliss-reactive ketones (excluding diaryl/α,β-unsaturated/α-hetero) is 1. The number of benzene rings is 1. The van der Waals surface area contributed by atoms with E-state index < -0.39 is 11.2 Å². The maximum atomic E-state index is 12.9. The first-order chi connectivity index (χ1) is 12.7. The van der Waals surface area contributed by atoms with Gasteiger partial charge < -0.3 is 10.6 Å². The van der Waals surface area contributed by atoms with E-state index in [1.54, 1.807) is 0 Å². The number of aromatic nitrogens is 2. The van der Waals surface area contributed by atoms with Crippen molar-refractivity contribution in [1.82, 2.24) is 9.13 Å². The average molecular weight is 370 g/mol. The van der Waals surface area contributed by atoms with E-state index in [1.807, 2.05) is 4.90 Å². The van der Waals surface area contributed by atoms with Crippen LogP contribution in [0.15, 0.2) is 27.8 Å². The number of nitrogen functional groups attached to an aromatic ring is 1. The maximum Gasteiger partial charge on any atom is 0.332 e. The average Bonchev–Trinajstić information content (AvgIpc) is 2.64. The van der Waals surface area contributed by atoms with Crippen LogP contribution >= 0.6 is 0 Å². The molecule has 1 aliphatic rings. The highest BCUT2D eigenvalue weighted by Gasteiger charge is 2.25. The quantitative estimate of drug-likeness (QED) is 0.822. The van der Waals surface area contributed by atoms with Crippen molar-refractivity contribution in [2.75, 3.05) is 23.7 Å². The number of ketones is 1. The SMILES string of the molecule is CC(C)c1ccc2c(c1)CCCN2CC(=O)c1c(N)n(C)c(=O)n(C)c1=O. The number of hydrogen-bond donors (Lipinski definition) is 1. The van der Waals surface area contributed by atoms with Gasteiger partial charge in [0.2, 0.25) is 0 Å². The summed E-state index contributed by atoms with van der Waals surface area (Å²) >= 11 is 0. The number of fused-ring (bicyclic) bond motifs is 1. The lowest BCUT2D eigenvalue weighted by atomic mass is 9.94. The summed E-state index contributed by atoms with van der Waals surface area (Å²) in [6.07, 6.45) is 1.92. The Kier molecular flexibility index (Phi) is 4.95. The minimum Gasteiger partial charge on any atom is -0.384 e. The van der Waals surface area contributed by atoms with Crippen molar-refractivity contribution in [1.29, 1.82) is 0 Å². The van der Waals surface area contributed by atoms with Crippen LogP contribution in [0, 0.1) is 0 Å². The highest BCUT2D eigenvalue weighted by molar-refractivity contribution is 6.02. The molecule has 3 rings (SSSR count). The summed E-state index contributed by atoms with van der Waals surface area (Å²) < 4.78 is 2.05. The van der Waals surface area contributed by atoms with Gasteiger partial charge in [-0.1, -0.05) is 26.0 Å². The molecule has 0 amide bonds. The molecule has 27 heavy (non-hydrogen) atoms. The molecule has 0 atom stereocenters. The molecule has 0 bridgehead atoms. The number of aryl methyl sites for hydroxylation is 1. The Hall–Kier alpha value is -2.83. The van der Waals surface area contributed by atoms with Gasteiger partial charge in [0.25, 0.3) is 5.56 Å². The minimum atomic E-state index is -0.645. The van der Waals surface area contributed by atoms with Crippen molar-refractivity contribution in [2.45, 2.75) is 32.6 Å². The number of anilines is 2. The van der Waals surface area contributed by atoms with E-state index in [9.17, 15) is 14.4 Å². The van der Waals surface area contributed by atoms with E-state index >= 15 is 0 Å². The second-order valence-corrected chi connectivity index (χ2v) is 7.46. The fraction of sp³-hybridized carbons (Fsp3) is 0.450. The van der Waals surface area contributed by atoms with E-state index in [-0.39, 0.29) is 23.7 Å². The van der Waals surface area contributed by atoms with Gasteiger partial charge in [0.1, 0.15) is 11.4 Å². The van der Waals surface area contributed by atoms with E-state index in [0.29, 0.717) is 5.92 Å². The Morgan fingerprint density at radius 3 is 2.56 bits per heavy atom. The zero-order chi connectivity index (χ0) is 19.9.